The standard InChI is InChI=1S/C25H19Cl3N4O3/c1-2-14-5-3-4-6-20(14)30-24(34)25(35)31-32-21-10-7-16(26)11-15(21)12-22(32)23(33)29-17-8-9-18(27)19(28)13-17/h3-13H,2H2,1H3,(H,29,33)(H,30,34)(H,31,35). The summed E-state index contributed by atoms with van der Waals surface area (Å²) in [6.45, 7) is 1.95. The Balaban J connectivity index is 1.63. The molecule has 4 aromatic rings. The first kappa shape index (κ1) is 24.6. The van der Waals surface area contributed by atoms with E-state index in [1.54, 1.807) is 48.5 Å². The number of amides is 3. The van der Waals surface area contributed by atoms with Crippen LogP contribution in [0.1, 0.15) is 23.0 Å². The van der Waals surface area contributed by atoms with Crippen LogP contribution in [0.5, 0.6) is 0 Å². The summed E-state index contributed by atoms with van der Waals surface area (Å²) >= 11 is 18.1. The van der Waals surface area contributed by atoms with E-state index in [9.17, 15) is 14.4 Å². The maximum atomic E-state index is 13.1. The summed E-state index contributed by atoms with van der Waals surface area (Å²) in [6, 6.07) is 18.3. The van der Waals surface area contributed by atoms with Crippen molar-refractivity contribution in [1.82, 2.24) is 4.68 Å². The summed E-state index contributed by atoms with van der Waals surface area (Å²) in [5.41, 5.74) is 4.89. The number of aromatic nitrogens is 1. The molecule has 10 heteroatoms. The molecule has 1 heterocycles. The van der Waals surface area contributed by atoms with Gasteiger partial charge in [-0.15, -0.1) is 0 Å². The van der Waals surface area contributed by atoms with Gasteiger partial charge in [0.05, 0.1) is 15.6 Å². The van der Waals surface area contributed by atoms with E-state index < -0.39 is 17.7 Å². The molecule has 7 nitrogen and oxygen atoms in total. The second-order valence-electron chi connectivity index (χ2n) is 7.56. The topological polar surface area (TPSA) is 92.2 Å². The smallest absolute Gasteiger partial charge is 0.321 e. The number of nitrogens with zero attached hydrogens (tertiary/aromatic N) is 1. The van der Waals surface area contributed by atoms with Crippen LogP contribution in [0.3, 0.4) is 0 Å². The SMILES string of the molecule is CCc1ccccc1NC(=O)C(=O)Nn1c(C(=O)Nc2ccc(Cl)c(Cl)c2)cc2cc(Cl)ccc21. The molecule has 0 radical (unpaired) electrons. The third-order valence-electron chi connectivity index (χ3n) is 5.24. The first-order valence-electron chi connectivity index (χ1n) is 10.5. The number of carbonyl (C=O) groups excluding carboxylic acids is 3. The van der Waals surface area contributed by atoms with E-state index in [0.29, 0.717) is 38.7 Å². The minimum atomic E-state index is -0.952. The molecule has 3 amide bonds. The van der Waals surface area contributed by atoms with Crippen LogP contribution < -0.4 is 16.1 Å². The highest BCUT2D eigenvalue weighted by molar-refractivity contribution is 6.43. The molecule has 0 fully saturated rings. The quantitative estimate of drug-likeness (QED) is 0.272. The predicted molar refractivity (Wildman–Crippen MR) is 140 cm³/mol. The minimum Gasteiger partial charge on any atom is -0.321 e. The van der Waals surface area contributed by atoms with Crippen molar-refractivity contribution in [1.29, 1.82) is 0 Å². The molecule has 178 valence electrons. The highest BCUT2D eigenvalue weighted by atomic mass is 35.5. The highest BCUT2D eigenvalue weighted by Gasteiger charge is 2.22. The molecule has 0 saturated carbocycles. The van der Waals surface area contributed by atoms with E-state index in [0.717, 1.165) is 5.56 Å². The van der Waals surface area contributed by atoms with Crippen LogP contribution in [0.25, 0.3) is 10.9 Å². The minimum absolute atomic E-state index is 0.0726. The van der Waals surface area contributed by atoms with Gasteiger partial charge in [0.2, 0.25) is 0 Å². The highest BCUT2D eigenvalue weighted by Crippen LogP contribution is 2.27. The van der Waals surface area contributed by atoms with Gasteiger partial charge in [0.15, 0.2) is 0 Å². The molecule has 1 aromatic heterocycles. The van der Waals surface area contributed by atoms with Crippen molar-refractivity contribution in [2.45, 2.75) is 13.3 Å². The normalized spacial score (nSPS) is 10.7. The summed E-state index contributed by atoms with van der Waals surface area (Å²) in [5, 5.41) is 6.99. The molecule has 0 aliphatic carbocycles. The summed E-state index contributed by atoms with van der Waals surface area (Å²) in [7, 11) is 0. The Hall–Kier alpha value is -3.52. The number of hydrogen-bond donors (Lipinski definition) is 3. The predicted octanol–water partition coefficient (Wildman–Crippen LogP) is 6.13. The number of carbonyl (C=O) groups is 3. The van der Waals surface area contributed by atoms with Crippen molar-refractivity contribution in [2.24, 2.45) is 0 Å². The van der Waals surface area contributed by atoms with Crippen LogP contribution in [-0.4, -0.2) is 22.4 Å². The number of hydrogen-bond acceptors (Lipinski definition) is 3. The fourth-order valence-electron chi connectivity index (χ4n) is 3.52. The lowest BCUT2D eigenvalue weighted by Crippen LogP contribution is -2.36. The molecule has 0 spiro atoms. The van der Waals surface area contributed by atoms with Crippen LogP contribution >= 0.6 is 34.8 Å². The van der Waals surface area contributed by atoms with Crippen molar-refractivity contribution in [3.63, 3.8) is 0 Å². The zero-order valence-corrected chi connectivity index (χ0v) is 20.6. The Labute approximate surface area is 215 Å². The van der Waals surface area contributed by atoms with Crippen LogP contribution in [0.2, 0.25) is 15.1 Å². The summed E-state index contributed by atoms with van der Waals surface area (Å²) in [5.74, 6) is -2.38. The van der Waals surface area contributed by atoms with Crippen molar-refractivity contribution in [2.75, 3.05) is 16.1 Å². The zero-order chi connectivity index (χ0) is 25.1. The van der Waals surface area contributed by atoms with Crippen LogP contribution in [0.15, 0.2) is 66.7 Å². The van der Waals surface area contributed by atoms with E-state index in [2.05, 4.69) is 16.1 Å². The van der Waals surface area contributed by atoms with Crippen molar-refractivity contribution in [3.05, 3.63) is 93.1 Å². The first-order chi connectivity index (χ1) is 16.8. The second kappa shape index (κ2) is 10.4. The lowest BCUT2D eigenvalue weighted by Gasteiger charge is -2.14. The fourth-order valence-corrected chi connectivity index (χ4v) is 4.00. The monoisotopic (exact) mass is 528 g/mol. The lowest BCUT2D eigenvalue weighted by molar-refractivity contribution is -0.133. The van der Waals surface area contributed by atoms with Gasteiger partial charge in [0, 0.05) is 21.8 Å². The number of benzene rings is 3. The molecule has 0 saturated heterocycles. The number of anilines is 2. The fraction of sp³-hybridized carbons (Fsp3) is 0.0800. The van der Waals surface area contributed by atoms with Gasteiger partial charge < -0.3 is 10.6 Å². The Morgan fingerprint density at radius 1 is 0.829 bits per heavy atom. The molecule has 4 rings (SSSR count). The van der Waals surface area contributed by atoms with E-state index in [-0.39, 0.29) is 10.7 Å². The van der Waals surface area contributed by atoms with Gasteiger partial charge in [-0.1, -0.05) is 59.9 Å². The average Bonchev–Trinajstić information content (AvgIpc) is 3.19. The summed E-state index contributed by atoms with van der Waals surface area (Å²) < 4.78 is 1.24. The maximum absolute atomic E-state index is 13.1. The molecule has 0 bridgehead atoms. The zero-order valence-electron chi connectivity index (χ0n) is 18.4. The maximum Gasteiger partial charge on any atom is 0.328 e. The Kier molecular flexibility index (Phi) is 7.31. The van der Waals surface area contributed by atoms with E-state index in [1.807, 2.05) is 19.1 Å². The van der Waals surface area contributed by atoms with Gasteiger partial charge in [-0.05, 0) is 60.5 Å². The number of aryl methyl sites for hydroxylation is 1. The van der Waals surface area contributed by atoms with E-state index in [4.69, 9.17) is 34.8 Å². The Bertz CT molecular complexity index is 1470. The van der Waals surface area contributed by atoms with Gasteiger partial charge in [0.25, 0.3) is 5.91 Å². The van der Waals surface area contributed by atoms with Gasteiger partial charge in [-0.3, -0.25) is 19.8 Å². The number of rotatable bonds is 5. The van der Waals surface area contributed by atoms with Gasteiger partial charge in [-0.25, -0.2) is 4.68 Å². The first-order valence-corrected chi connectivity index (χ1v) is 11.7. The molecule has 0 aliphatic heterocycles. The van der Waals surface area contributed by atoms with Gasteiger partial charge in [-0.2, -0.15) is 0 Å². The van der Waals surface area contributed by atoms with Crippen molar-refractivity contribution >= 4 is 74.8 Å². The average molecular weight is 530 g/mol. The van der Waals surface area contributed by atoms with E-state index >= 15 is 0 Å². The number of para-hydroxylation sites is 1. The van der Waals surface area contributed by atoms with Crippen LogP contribution in [0, 0.1) is 0 Å². The van der Waals surface area contributed by atoms with Crippen molar-refractivity contribution in [3.8, 4) is 0 Å². The third kappa shape index (κ3) is 5.43. The molecule has 3 aromatic carbocycles. The number of halogens is 3. The lowest BCUT2D eigenvalue weighted by atomic mass is 10.1. The molecular formula is C25H19Cl3N4O3. The Morgan fingerprint density at radius 3 is 2.34 bits per heavy atom. The largest absolute Gasteiger partial charge is 0.328 e. The molecule has 0 unspecified atom stereocenters. The summed E-state index contributed by atoms with van der Waals surface area (Å²) in [4.78, 5) is 38.6. The Morgan fingerprint density at radius 2 is 1.60 bits per heavy atom. The van der Waals surface area contributed by atoms with Gasteiger partial charge >= 0.3 is 11.8 Å². The number of fused-ring (bicyclic) bond motifs is 1. The van der Waals surface area contributed by atoms with Crippen LogP contribution in [-0.2, 0) is 16.0 Å². The van der Waals surface area contributed by atoms with Crippen molar-refractivity contribution < 1.29 is 14.4 Å². The van der Waals surface area contributed by atoms with Gasteiger partial charge in [0.1, 0.15) is 5.69 Å². The molecule has 0 atom stereocenters. The molecule has 3 N–H and O–H groups in total. The molecule has 35 heavy (non-hydrogen) atoms. The van der Waals surface area contributed by atoms with E-state index in [1.165, 1.54) is 10.7 Å². The number of nitrogens with one attached hydrogen (secondary N) is 3. The molecular weight excluding hydrogens is 511 g/mol. The second-order valence-corrected chi connectivity index (χ2v) is 8.81. The van der Waals surface area contributed by atoms with Crippen LogP contribution in [0.4, 0.5) is 11.4 Å². The summed E-state index contributed by atoms with van der Waals surface area (Å²) in [6.07, 6.45) is 0.681. The molecule has 0 aliphatic rings. The third-order valence-corrected chi connectivity index (χ3v) is 6.21.